The molecule has 10 nitrogen and oxygen atoms in total. The molecule has 2 atom stereocenters. The number of ether oxygens (including phenoxy) is 1. The summed E-state index contributed by atoms with van der Waals surface area (Å²) in [6.45, 7) is 4.52. The fraction of sp³-hybridized carbons (Fsp3) is 0.265. The van der Waals surface area contributed by atoms with Crippen LogP contribution in [-0.4, -0.2) is 63.0 Å². The number of rotatable bonds is 12. The molecule has 0 bridgehead atoms. The third-order valence-electron chi connectivity index (χ3n) is 7.27. The number of ketones is 1. The summed E-state index contributed by atoms with van der Waals surface area (Å²) < 4.78 is 5.97. The molecule has 0 saturated carbocycles. The summed E-state index contributed by atoms with van der Waals surface area (Å²) in [4.78, 5) is 66.8. The summed E-state index contributed by atoms with van der Waals surface area (Å²) in [5, 5.41) is 12.8. The van der Waals surface area contributed by atoms with Gasteiger partial charge in [0, 0.05) is 35.2 Å². The van der Waals surface area contributed by atoms with Crippen LogP contribution in [0.3, 0.4) is 0 Å². The van der Waals surface area contributed by atoms with E-state index >= 15 is 0 Å². The molecule has 3 amide bonds. The topological polar surface area (TPSA) is 133 Å². The minimum atomic E-state index is -1.69. The molecule has 0 aliphatic carbocycles. The van der Waals surface area contributed by atoms with Gasteiger partial charge in [0.25, 0.3) is 11.7 Å². The Hall–Kier alpha value is -4.67. The normalized spacial score (nSPS) is 15.3. The predicted octanol–water partition coefficient (Wildman–Crippen LogP) is 4.97. The van der Waals surface area contributed by atoms with Crippen LogP contribution in [0.2, 0.25) is 10.0 Å². The lowest BCUT2D eigenvalue weighted by Crippen LogP contribution is -2.56. The first kappa shape index (κ1) is 34.2. The zero-order chi connectivity index (χ0) is 33.5. The van der Waals surface area contributed by atoms with Gasteiger partial charge in [0.05, 0.1) is 5.70 Å². The number of amides is 3. The maximum Gasteiger partial charge on any atom is 0.374 e. The SMILES string of the molecule is CC(=O)N1C=C(c2cccc(OCc3cc(Cl)cc(Cl)c3)c2)N(CC(=O)N[C@@H](Cc2ccccc2)C(=O)C(=O)O)C(=O)[C@H]1C(C)C. The van der Waals surface area contributed by atoms with E-state index in [2.05, 4.69) is 5.32 Å². The molecule has 0 saturated heterocycles. The summed E-state index contributed by atoms with van der Waals surface area (Å²) in [7, 11) is 0. The van der Waals surface area contributed by atoms with Crippen LogP contribution in [0.25, 0.3) is 5.70 Å². The molecule has 0 spiro atoms. The monoisotopic (exact) mass is 665 g/mol. The molecule has 1 aliphatic rings. The first-order valence-corrected chi connectivity index (χ1v) is 15.2. The summed E-state index contributed by atoms with van der Waals surface area (Å²) in [6, 6.07) is 18.2. The number of hydrogen-bond donors (Lipinski definition) is 2. The molecule has 0 radical (unpaired) electrons. The highest BCUT2D eigenvalue weighted by Gasteiger charge is 2.40. The van der Waals surface area contributed by atoms with E-state index in [0.717, 1.165) is 5.56 Å². The zero-order valence-electron chi connectivity index (χ0n) is 25.4. The van der Waals surface area contributed by atoms with Gasteiger partial charge in [0.15, 0.2) is 0 Å². The van der Waals surface area contributed by atoms with Gasteiger partial charge >= 0.3 is 5.97 Å². The number of hydrogen-bond acceptors (Lipinski definition) is 6. The van der Waals surface area contributed by atoms with Gasteiger partial charge in [0.1, 0.15) is 31.0 Å². The first-order valence-electron chi connectivity index (χ1n) is 14.4. The molecule has 12 heteroatoms. The van der Waals surface area contributed by atoms with E-state index in [1.165, 1.54) is 22.9 Å². The highest BCUT2D eigenvalue weighted by Crippen LogP contribution is 2.32. The number of aliphatic carboxylic acids is 1. The number of carboxylic acids is 1. The smallest absolute Gasteiger partial charge is 0.374 e. The van der Waals surface area contributed by atoms with Gasteiger partial charge in [-0.25, -0.2) is 4.79 Å². The van der Waals surface area contributed by atoms with E-state index < -0.39 is 42.2 Å². The molecule has 0 unspecified atom stereocenters. The number of Topliss-reactive ketones (excluding diaryl/α,β-unsaturated/α-hetero) is 1. The lowest BCUT2D eigenvalue weighted by molar-refractivity contribution is -0.150. The highest BCUT2D eigenvalue weighted by atomic mass is 35.5. The fourth-order valence-electron chi connectivity index (χ4n) is 5.16. The van der Waals surface area contributed by atoms with Crippen LogP contribution in [0.15, 0.2) is 79.0 Å². The Morgan fingerprint density at radius 1 is 0.935 bits per heavy atom. The van der Waals surface area contributed by atoms with Crippen molar-refractivity contribution >= 4 is 58.4 Å². The summed E-state index contributed by atoms with van der Waals surface area (Å²) in [6.07, 6.45) is 1.46. The van der Waals surface area contributed by atoms with Crippen molar-refractivity contribution in [1.29, 1.82) is 0 Å². The van der Waals surface area contributed by atoms with Crippen LogP contribution in [0, 0.1) is 5.92 Å². The number of nitrogens with zero attached hydrogens (tertiary/aromatic N) is 2. The molecule has 240 valence electrons. The number of carbonyl (C=O) groups excluding carboxylic acids is 4. The van der Waals surface area contributed by atoms with Gasteiger partial charge in [-0.05, 0) is 47.4 Å². The Labute approximate surface area is 276 Å². The summed E-state index contributed by atoms with van der Waals surface area (Å²) in [5.41, 5.74) is 2.09. The predicted molar refractivity (Wildman–Crippen MR) is 173 cm³/mol. The van der Waals surface area contributed by atoms with Crippen molar-refractivity contribution in [2.24, 2.45) is 5.92 Å². The molecular weight excluding hydrogens is 633 g/mol. The Bertz CT molecular complexity index is 1660. The molecule has 3 aromatic carbocycles. The number of carboxylic acid groups (broad SMARTS) is 1. The molecule has 1 aliphatic heterocycles. The lowest BCUT2D eigenvalue weighted by atomic mass is 9.97. The van der Waals surface area contributed by atoms with Crippen molar-refractivity contribution < 1.29 is 33.8 Å². The Morgan fingerprint density at radius 2 is 1.61 bits per heavy atom. The largest absolute Gasteiger partial charge is 0.489 e. The summed E-state index contributed by atoms with van der Waals surface area (Å²) in [5.74, 6) is -4.38. The quantitative estimate of drug-likeness (QED) is 0.261. The second kappa shape index (κ2) is 15.1. The van der Waals surface area contributed by atoms with Crippen LogP contribution in [0.1, 0.15) is 37.5 Å². The van der Waals surface area contributed by atoms with Gasteiger partial charge < -0.3 is 20.1 Å². The molecule has 3 aromatic rings. The van der Waals surface area contributed by atoms with Crippen LogP contribution in [-0.2, 0) is 37.0 Å². The summed E-state index contributed by atoms with van der Waals surface area (Å²) >= 11 is 12.2. The third-order valence-corrected chi connectivity index (χ3v) is 7.71. The number of carbonyl (C=O) groups is 5. The van der Waals surface area contributed by atoms with Gasteiger partial charge in [0.2, 0.25) is 11.8 Å². The van der Waals surface area contributed by atoms with Gasteiger partial charge in [-0.2, -0.15) is 0 Å². The maximum absolute atomic E-state index is 14.0. The van der Waals surface area contributed by atoms with E-state index in [1.54, 1.807) is 86.6 Å². The maximum atomic E-state index is 14.0. The number of benzene rings is 3. The Morgan fingerprint density at radius 3 is 2.22 bits per heavy atom. The molecule has 1 heterocycles. The van der Waals surface area contributed by atoms with Crippen LogP contribution in [0.5, 0.6) is 5.75 Å². The van der Waals surface area contributed by atoms with Crippen molar-refractivity contribution in [3.63, 3.8) is 0 Å². The molecule has 46 heavy (non-hydrogen) atoms. The standard InChI is InChI=1S/C34H33Cl2N3O7/c1-20(2)31-33(43)39(18-30(41)37-28(32(42)34(44)45)14-22-8-5-4-6-9-22)29(17-38(31)21(3)40)24-10-7-11-27(15-24)46-19-23-12-25(35)16-26(36)13-23/h4-13,15-17,20,28,31H,14,18-19H2,1-3H3,(H,37,41)(H,44,45)/t28-,31+/m0/s1. The van der Waals surface area contributed by atoms with Crippen LogP contribution < -0.4 is 10.1 Å². The zero-order valence-corrected chi connectivity index (χ0v) is 26.9. The second-order valence-electron chi connectivity index (χ2n) is 11.1. The minimum absolute atomic E-state index is 0.0572. The van der Waals surface area contributed by atoms with E-state index in [1.807, 2.05) is 0 Å². The highest BCUT2D eigenvalue weighted by molar-refractivity contribution is 6.35. The average Bonchev–Trinajstić information content (AvgIpc) is 3.00. The number of halogens is 2. The van der Waals surface area contributed by atoms with Crippen molar-refractivity contribution in [2.75, 3.05) is 6.54 Å². The Kier molecular flexibility index (Phi) is 11.2. The first-order chi connectivity index (χ1) is 21.8. The van der Waals surface area contributed by atoms with E-state index in [-0.39, 0.29) is 30.5 Å². The Balaban J connectivity index is 1.65. The van der Waals surface area contributed by atoms with Crippen molar-refractivity contribution in [2.45, 2.75) is 45.9 Å². The molecule has 0 aromatic heterocycles. The van der Waals surface area contributed by atoms with Crippen LogP contribution in [0.4, 0.5) is 0 Å². The molecule has 2 N–H and O–H groups in total. The van der Waals surface area contributed by atoms with E-state index in [4.69, 9.17) is 27.9 Å². The van der Waals surface area contributed by atoms with Crippen molar-refractivity contribution in [3.8, 4) is 5.75 Å². The van der Waals surface area contributed by atoms with Crippen molar-refractivity contribution in [3.05, 3.63) is 106 Å². The van der Waals surface area contributed by atoms with Gasteiger partial charge in [-0.1, -0.05) is 79.5 Å². The van der Waals surface area contributed by atoms with Crippen LogP contribution >= 0.6 is 23.2 Å². The van der Waals surface area contributed by atoms with Gasteiger partial charge in [-0.15, -0.1) is 0 Å². The molecule has 0 fully saturated rings. The van der Waals surface area contributed by atoms with Crippen molar-refractivity contribution in [1.82, 2.24) is 15.1 Å². The third kappa shape index (κ3) is 8.52. The lowest BCUT2D eigenvalue weighted by Gasteiger charge is -2.40. The van der Waals surface area contributed by atoms with E-state index in [0.29, 0.717) is 26.9 Å². The van der Waals surface area contributed by atoms with E-state index in [9.17, 15) is 29.1 Å². The second-order valence-corrected chi connectivity index (χ2v) is 12.0. The fourth-order valence-corrected chi connectivity index (χ4v) is 5.73. The molecular formula is C34H33Cl2N3O7. The van der Waals surface area contributed by atoms with Gasteiger partial charge in [-0.3, -0.25) is 24.1 Å². The number of nitrogens with one attached hydrogen (secondary N) is 1. The average molecular weight is 667 g/mol. The molecule has 4 rings (SSSR count). The minimum Gasteiger partial charge on any atom is -0.489 e.